The molecule has 11 heteroatoms. The molecule has 0 bridgehead atoms. The SMILES string of the molecule is CCn1cc(C(=O)NC(=O)Nc2ccccc2[N+](=O)[O-])c(=O)c2cc(O)c3ncccc3c21. The van der Waals surface area contributed by atoms with Crippen molar-refractivity contribution < 1.29 is 19.6 Å². The van der Waals surface area contributed by atoms with Crippen LogP contribution in [0.1, 0.15) is 17.3 Å². The zero-order valence-electron chi connectivity index (χ0n) is 17.2. The molecule has 0 saturated carbocycles. The number of phenols is 1. The Morgan fingerprint density at radius 2 is 1.94 bits per heavy atom. The van der Waals surface area contributed by atoms with Crippen molar-refractivity contribution in [3.63, 3.8) is 0 Å². The average Bonchev–Trinajstić information content (AvgIpc) is 2.80. The third kappa shape index (κ3) is 3.83. The number of nitro groups is 1. The van der Waals surface area contributed by atoms with E-state index < -0.39 is 22.3 Å². The Morgan fingerprint density at radius 3 is 2.67 bits per heavy atom. The van der Waals surface area contributed by atoms with Gasteiger partial charge in [0.15, 0.2) is 0 Å². The minimum Gasteiger partial charge on any atom is -0.506 e. The maximum Gasteiger partial charge on any atom is 0.326 e. The van der Waals surface area contributed by atoms with Gasteiger partial charge in [-0.25, -0.2) is 4.79 Å². The van der Waals surface area contributed by atoms with Gasteiger partial charge in [-0.15, -0.1) is 0 Å². The summed E-state index contributed by atoms with van der Waals surface area (Å²) in [5, 5.41) is 26.3. The van der Waals surface area contributed by atoms with Crippen LogP contribution in [-0.4, -0.2) is 31.5 Å². The molecule has 166 valence electrons. The molecular weight excluding hydrogens is 430 g/mol. The first-order chi connectivity index (χ1) is 15.8. The molecule has 0 aliphatic rings. The minimum atomic E-state index is -1.04. The molecular formula is C22H17N5O6. The van der Waals surface area contributed by atoms with Crippen molar-refractivity contribution in [1.29, 1.82) is 0 Å². The van der Waals surface area contributed by atoms with E-state index >= 15 is 0 Å². The van der Waals surface area contributed by atoms with Gasteiger partial charge in [0.1, 0.15) is 22.5 Å². The van der Waals surface area contributed by atoms with Crippen LogP contribution in [0.3, 0.4) is 0 Å². The highest BCUT2D eigenvalue weighted by atomic mass is 16.6. The molecule has 4 rings (SSSR count). The molecule has 3 amide bonds. The summed E-state index contributed by atoms with van der Waals surface area (Å²) >= 11 is 0. The highest BCUT2D eigenvalue weighted by Crippen LogP contribution is 2.30. The molecule has 2 aromatic heterocycles. The van der Waals surface area contributed by atoms with Crippen LogP contribution in [0, 0.1) is 10.1 Å². The molecule has 2 heterocycles. The summed E-state index contributed by atoms with van der Waals surface area (Å²) in [5.74, 6) is -1.21. The second-order valence-corrected chi connectivity index (χ2v) is 7.03. The third-order valence-corrected chi connectivity index (χ3v) is 5.06. The van der Waals surface area contributed by atoms with Gasteiger partial charge < -0.3 is 15.0 Å². The number of imide groups is 1. The lowest BCUT2D eigenvalue weighted by Gasteiger charge is -2.14. The predicted octanol–water partition coefficient (Wildman–Crippen LogP) is 3.15. The van der Waals surface area contributed by atoms with Crippen molar-refractivity contribution >= 4 is 45.1 Å². The fourth-order valence-corrected chi connectivity index (χ4v) is 3.60. The first-order valence-electron chi connectivity index (χ1n) is 9.81. The van der Waals surface area contributed by atoms with E-state index in [9.17, 15) is 29.6 Å². The van der Waals surface area contributed by atoms with Crippen LogP contribution in [0.2, 0.25) is 0 Å². The minimum absolute atomic E-state index is 0.0848. The molecule has 0 aliphatic carbocycles. The number of pyridine rings is 2. The molecule has 0 radical (unpaired) electrons. The number of rotatable bonds is 4. The summed E-state index contributed by atoms with van der Waals surface area (Å²) in [6, 6.07) is 9.00. The lowest BCUT2D eigenvalue weighted by Crippen LogP contribution is -2.37. The molecule has 33 heavy (non-hydrogen) atoms. The number of urea groups is 1. The Morgan fingerprint density at radius 1 is 1.18 bits per heavy atom. The van der Waals surface area contributed by atoms with Crippen LogP contribution < -0.4 is 16.1 Å². The Labute approximate surface area is 185 Å². The van der Waals surface area contributed by atoms with Crippen molar-refractivity contribution in [3.8, 4) is 5.75 Å². The van der Waals surface area contributed by atoms with E-state index in [4.69, 9.17) is 0 Å². The largest absolute Gasteiger partial charge is 0.506 e. The number of benzene rings is 2. The van der Waals surface area contributed by atoms with Crippen LogP contribution in [-0.2, 0) is 6.54 Å². The topological polar surface area (TPSA) is 156 Å². The van der Waals surface area contributed by atoms with Gasteiger partial charge in [0.2, 0.25) is 5.43 Å². The molecule has 4 aromatic rings. The van der Waals surface area contributed by atoms with Crippen molar-refractivity contribution in [3.05, 3.63) is 80.8 Å². The van der Waals surface area contributed by atoms with Gasteiger partial charge in [-0.05, 0) is 31.2 Å². The number of nitrogens with zero attached hydrogens (tertiary/aromatic N) is 3. The van der Waals surface area contributed by atoms with Gasteiger partial charge in [0, 0.05) is 30.4 Å². The molecule has 0 fully saturated rings. The Bertz CT molecular complexity index is 1510. The van der Waals surface area contributed by atoms with Gasteiger partial charge >= 0.3 is 6.03 Å². The van der Waals surface area contributed by atoms with Crippen LogP contribution in [0.4, 0.5) is 16.2 Å². The number of para-hydroxylation sites is 2. The third-order valence-electron chi connectivity index (χ3n) is 5.06. The zero-order chi connectivity index (χ0) is 23.7. The number of anilines is 1. The Kier molecular flexibility index (Phi) is 5.44. The monoisotopic (exact) mass is 447 g/mol. The molecule has 3 N–H and O–H groups in total. The first-order valence-corrected chi connectivity index (χ1v) is 9.81. The fraction of sp³-hybridized carbons (Fsp3) is 0.0909. The number of nitro benzene ring substituents is 1. The number of carbonyl (C=O) groups excluding carboxylic acids is 2. The van der Waals surface area contributed by atoms with E-state index in [0.29, 0.717) is 23.0 Å². The number of aryl methyl sites for hydroxylation is 1. The zero-order valence-corrected chi connectivity index (χ0v) is 17.2. The van der Waals surface area contributed by atoms with E-state index in [0.717, 1.165) is 0 Å². The summed E-state index contributed by atoms with van der Waals surface area (Å²) in [6.07, 6.45) is 2.83. The number of phenolic OH excluding ortho intramolecular Hbond substituents is 1. The maximum absolute atomic E-state index is 13.1. The Balaban J connectivity index is 1.73. The lowest BCUT2D eigenvalue weighted by molar-refractivity contribution is -0.383. The molecule has 0 spiro atoms. The van der Waals surface area contributed by atoms with E-state index in [1.54, 1.807) is 16.7 Å². The Hall–Kier alpha value is -4.80. The molecule has 0 aliphatic heterocycles. The van der Waals surface area contributed by atoms with Crippen LogP contribution >= 0.6 is 0 Å². The lowest BCUT2D eigenvalue weighted by atomic mass is 10.1. The van der Waals surface area contributed by atoms with Gasteiger partial charge in [0.25, 0.3) is 11.6 Å². The van der Waals surface area contributed by atoms with Gasteiger partial charge in [-0.2, -0.15) is 0 Å². The van der Waals surface area contributed by atoms with Gasteiger partial charge in [0.05, 0.1) is 15.8 Å². The second kappa shape index (κ2) is 8.38. The van der Waals surface area contributed by atoms with Crippen molar-refractivity contribution in [2.24, 2.45) is 0 Å². The van der Waals surface area contributed by atoms with E-state index in [-0.39, 0.29) is 28.1 Å². The van der Waals surface area contributed by atoms with Crippen LogP contribution in [0.25, 0.3) is 21.8 Å². The van der Waals surface area contributed by atoms with E-state index in [1.807, 2.05) is 12.2 Å². The molecule has 0 atom stereocenters. The summed E-state index contributed by atoms with van der Waals surface area (Å²) in [5.41, 5.74) is -0.676. The molecule has 11 nitrogen and oxygen atoms in total. The average molecular weight is 447 g/mol. The van der Waals surface area contributed by atoms with E-state index in [2.05, 4.69) is 10.3 Å². The summed E-state index contributed by atoms with van der Waals surface area (Å²) in [6.45, 7) is 2.19. The number of carbonyl (C=O) groups is 2. The summed E-state index contributed by atoms with van der Waals surface area (Å²) in [7, 11) is 0. The second-order valence-electron chi connectivity index (χ2n) is 7.03. The van der Waals surface area contributed by atoms with Gasteiger partial charge in [-0.1, -0.05) is 12.1 Å². The van der Waals surface area contributed by atoms with Crippen LogP contribution in [0.5, 0.6) is 5.75 Å². The molecule has 0 saturated heterocycles. The summed E-state index contributed by atoms with van der Waals surface area (Å²) in [4.78, 5) is 52.7. The smallest absolute Gasteiger partial charge is 0.326 e. The predicted molar refractivity (Wildman–Crippen MR) is 120 cm³/mol. The number of aromatic hydroxyl groups is 1. The maximum atomic E-state index is 13.1. The molecule has 2 aromatic carbocycles. The number of hydrogen-bond acceptors (Lipinski definition) is 7. The van der Waals surface area contributed by atoms with Crippen molar-refractivity contribution in [2.75, 3.05) is 5.32 Å². The van der Waals surface area contributed by atoms with E-state index in [1.165, 1.54) is 42.7 Å². The summed E-state index contributed by atoms with van der Waals surface area (Å²) < 4.78 is 1.65. The number of nitrogens with one attached hydrogen (secondary N) is 2. The number of amides is 3. The number of hydrogen-bond donors (Lipinski definition) is 3. The quantitative estimate of drug-likeness (QED) is 0.246. The first kappa shape index (κ1) is 21.4. The van der Waals surface area contributed by atoms with Crippen molar-refractivity contribution in [1.82, 2.24) is 14.9 Å². The number of aromatic nitrogens is 2. The number of fused-ring (bicyclic) bond motifs is 3. The highest BCUT2D eigenvalue weighted by molar-refractivity contribution is 6.12. The normalized spacial score (nSPS) is 10.8. The molecule has 0 unspecified atom stereocenters. The van der Waals surface area contributed by atoms with Crippen LogP contribution in [0.15, 0.2) is 59.7 Å². The standard InChI is InChI=1S/C22H17N5O6/c1-2-26-11-14(20(29)13-10-17(28)18-12(19(13)26)6-5-9-23-18)21(30)25-22(31)24-15-7-3-4-8-16(15)27(32)33/h3-11,28H,2H2,1H3,(H2,24,25,30,31). The van der Waals surface area contributed by atoms with Gasteiger partial charge in [-0.3, -0.25) is 30.0 Å². The highest BCUT2D eigenvalue weighted by Gasteiger charge is 2.21. The fourth-order valence-electron chi connectivity index (χ4n) is 3.60. The van der Waals surface area contributed by atoms with Crippen molar-refractivity contribution in [2.45, 2.75) is 13.5 Å².